The van der Waals surface area contributed by atoms with E-state index in [1.54, 1.807) is 0 Å². The molecular weight excluding hydrogens is 236 g/mol. The van der Waals surface area contributed by atoms with Crippen LogP contribution >= 0.6 is 0 Å². The lowest BCUT2D eigenvalue weighted by atomic mass is 9.94. The van der Waals surface area contributed by atoms with Crippen molar-refractivity contribution in [2.24, 2.45) is 5.92 Å². The van der Waals surface area contributed by atoms with Crippen LogP contribution in [0.25, 0.3) is 0 Å². The fourth-order valence-corrected chi connectivity index (χ4v) is 2.42. The predicted octanol–water partition coefficient (Wildman–Crippen LogP) is 5.57. The quantitative estimate of drug-likeness (QED) is 0.330. The average Bonchev–Trinajstić information content (AvgIpc) is 2.39. The Morgan fingerprint density at radius 1 is 1.00 bits per heavy atom. The summed E-state index contributed by atoms with van der Waals surface area (Å²) in [4.78, 5) is 11.2. The Morgan fingerprint density at radius 3 is 2.05 bits per heavy atom. The largest absolute Gasteiger partial charge is 0.481 e. The monoisotopic (exact) mass is 268 g/mol. The van der Waals surface area contributed by atoms with Gasteiger partial charge in [-0.15, -0.1) is 6.58 Å². The summed E-state index contributed by atoms with van der Waals surface area (Å²) >= 11 is 0. The van der Waals surface area contributed by atoms with Crippen molar-refractivity contribution >= 4 is 5.97 Å². The minimum absolute atomic E-state index is 0.106. The molecule has 0 saturated carbocycles. The molecule has 2 nitrogen and oxygen atoms in total. The van der Waals surface area contributed by atoms with Crippen LogP contribution in [0.15, 0.2) is 12.7 Å². The van der Waals surface area contributed by atoms with Crippen LogP contribution in [-0.2, 0) is 4.79 Å². The molecule has 0 aliphatic heterocycles. The highest BCUT2D eigenvalue weighted by molar-refractivity contribution is 5.69. The summed E-state index contributed by atoms with van der Waals surface area (Å²) in [5, 5.41) is 9.19. The normalized spacial score (nSPS) is 12.3. The molecule has 19 heavy (non-hydrogen) atoms. The Labute approximate surface area is 119 Å². The van der Waals surface area contributed by atoms with Crippen molar-refractivity contribution in [2.75, 3.05) is 0 Å². The Kier molecular flexibility index (Phi) is 13.1. The molecule has 0 bridgehead atoms. The van der Waals surface area contributed by atoms with Gasteiger partial charge in [0, 0.05) is 0 Å². The third kappa shape index (κ3) is 12.0. The molecule has 1 unspecified atom stereocenters. The van der Waals surface area contributed by atoms with Crippen molar-refractivity contribution in [1.29, 1.82) is 0 Å². The van der Waals surface area contributed by atoms with Crippen LogP contribution in [0.3, 0.4) is 0 Å². The summed E-state index contributed by atoms with van der Waals surface area (Å²) in [6.07, 6.45) is 15.5. The van der Waals surface area contributed by atoms with Crippen molar-refractivity contribution in [3.8, 4) is 0 Å². The van der Waals surface area contributed by atoms with Gasteiger partial charge in [0.15, 0.2) is 0 Å². The number of carbonyl (C=O) groups is 1. The standard InChI is InChI=1S/C17H32O2/c1-3-5-7-9-10-11-13-15-16(17(18)19)14-12-8-6-4-2/h3,16H,1,4-15H2,2H3,(H,18,19). The first kappa shape index (κ1) is 18.2. The lowest BCUT2D eigenvalue weighted by molar-refractivity contribution is -0.142. The topological polar surface area (TPSA) is 37.3 Å². The van der Waals surface area contributed by atoms with Crippen molar-refractivity contribution < 1.29 is 9.90 Å². The minimum atomic E-state index is -0.594. The maximum atomic E-state index is 11.2. The second-order valence-corrected chi connectivity index (χ2v) is 5.52. The van der Waals surface area contributed by atoms with Crippen LogP contribution in [0.4, 0.5) is 0 Å². The van der Waals surface area contributed by atoms with E-state index in [2.05, 4.69) is 13.5 Å². The van der Waals surface area contributed by atoms with Gasteiger partial charge < -0.3 is 5.11 Å². The Hall–Kier alpha value is -0.790. The summed E-state index contributed by atoms with van der Waals surface area (Å²) in [5.41, 5.74) is 0. The maximum absolute atomic E-state index is 11.2. The lowest BCUT2D eigenvalue weighted by Crippen LogP contribution is -2.13. The van der Waals surface area contributed by atoms with Crippen molar-refractivity contribution in [1.82, 2.24) is 0 Å². The smallest absolute Gasteiger partial charge is 0.306 e. The van der Waals surface area contributed by atoms with Gasteiger partial charge in [-0.1, -0.05) is 64.4 Å². The van der Waals surface area contributed by atoms with Crippen molar-refractivity contribution in [2.45, 2.75) is 84.0 Å². The molecule has 0 aromatic carbocycles. The third-order valence-electron chi connectivity index (χ3n) is 3.72. The van der Waals surface area contributed by atoms with E-state index in [-0.39, 0.29) is 5.92 Å². The number of unbranched alkanes of at least 4 members (excludes halogenated alkanes) is 8. The van der Waals surface area contributed by atoms with Gasteiger partial charge in [-0.2, -0.15) is 0 Å². The van der Waals surface area contributed by atoms with E-state index in [0.29, 0.717) is 0 Å². The van der Waals surface area contributed by atoms with E-state index < -0.39 is 5.97 Å². The van der Waals surface area contributed by atoms with E-state index in [9.17, 15) is 9.90 Å². The minimum Gasteiger partial charge on any atom is -0.481 e. The fraction of sp³-hybridized carbons (Fsp3) is 0.824. The Bertz CT molecular complexity index is 223. The third-order valence-corrected chi connectivity index (χ3v) is 3.72. The molecular formula is C17H32O2. The molecule has 1 N–H and O–H groups in total. The van der Waals surface area contributed by atoms with E-state index in [4.69, 9.17) is 0 Å². The molecule has 1 atom stereocenters. The Balaban J connectivity index is 3.54. The average molecular weight is 268 g/mol. The predicted molar refractivity (Wildman–Crippen MR) is 82.4 cm³/mol. The van der Waals surface area contributed by atoms with E-state index in [1.165, 1.54) is 44.9 Å². The van der Waals surface area contributed by atoms with Crippen LogP contribution in [0.2, 0.25) is 0 Å². The Morgan fingerprint density at radius 2 is 1.53 bits per heavy atom. The molecule has 0 aromatic heterocycles. The summed E-state index contributed by atoms with van der Waals surface area (Å²) < 4.78 is 0. The molecule has 0 aliphatic rings. The van der Waals surface area contributed by atoms with Crippen molar-refractivity contribution in [3.05, 3.63) is 12.7 Å². The second-order valence-electron chi connectivity index (χ2n) is 5.52. The molecule has 2 heteroatoms. The molecule has 0 spiro atoms. The fourth-order valence-electron chi connectivity index (χ4n) is 2.42. The first-order chi connectivity index (χ1) is 9.22. The van der Waals surface area contributed by atoms with Gasteiger partial charge in [-0.3, -0.25) is 4.79 Å². The van der Waals surface area contributed by atoms with Gasteiger partial charge in [0.2, 0.25) is 0 Å². The first-order valence-corrected chi connectivity index (χ1v) is 8.06. The molecule has 0 aliphatic carbocycles. The molecule has 0 heterocycles. The number of rotatable bonds is 14. The SMILES string of the molecule is C=CCCCCCCCC(CCCCCC)C(=O)O. The molecule has 0 aromatic rings. The highest BCUT2D eigenvalue weighted by Gasteiger charge is 2.15. The molecule has 0 fully saturated rings. The van der Waals surface area contributed by atoms with Crippen LogP contribution in [-0.4, -0.2) is 11.1 Å². The number of carboxylic acids is 1. The zero-order valence-corrected chi connectivity index (χ0v) is 12.7. The van der Waals surface area contributed by atoms with Crippen LogP contribution in [0.5, 0.6) is 0 Å². The lowest BCUT2D eigenvalue weighted by Gasteiger charge is -2.11. The number of hydrogen-bond donors (Lipinski definition) is 1. The number of allylic oxidation sites excluding steroid dienone is 1. The highest BCUT2D eigenvalue weighted by atomic mass is 16.4. The summed E-state index contributed by atoms with van der Waals surface area (Å²) in [6.45, 7) is 5.90. The van der Waals surface area contributed by atoms with Gasteiger partial charge in [-0.25, -0.2) is 0 Å². The molecule has 0 amide bonds. The molecule has 112 valence electrons. The van der Waals surface area contributed by atoms with Crippen LogP contribution in [0.1, 0.15) is 84.0 Å². The van der Waals surface area contributed by atoms with Gasteiger partial charge in [0.1, 0.15) is 0 Å². The van der Waals surface area contributed by atoms with Crippen molar-refractivity contribution in [3.63, 3.8) is 0 Å². The summed E-state index contributed by atoms with van der Waals surface area (Å²) in [6, 6.07) is 0. The highest BCUT2D eigenvalue weighted by Crippen LogP contribution is 2.19. The maximum Gasteiger partial charge on any atom is 0.306 e. The van der Waals surface area contributed by atoms with E-state index in [0.717, 1.165) is 32.1 Å². The van der Waals surface area contributed by atoms with Gasteiger partial charge in [-0.05, 0) is 25.7 Å². The molecule has 0 radical (unpaired) electrons. The zero-order chi connectivity index (χ0) is 14.3. The molecule has 0 rings (SSSR count). The van der Waals surface area contributed by atoms with Gasteiger partial charge in [0.25, 0.3) is 0 Å². The van der Waals surface area contributed by atoms with Crippen LogP contribution < -0.4 is 0 Å². The number of hydrogen-bond acceptors (Lipinski definition) is 1. The van der Waals surface area contributed by atoms with Gasteiger partial charge >= 0.3 is 5.97 Å². The molecule has 0 saturated heterocycles. The van der Waals surface area contributed by atoms with E-state index in [1.807, 2.05) is 6.08 Å². The van der Waals surface area contributed by atoms with Crippen LogP contribution in [0, 0.1) is 5.92 Å². The zero-order valence-electron chi connectivity index (χ0n) is 12.7. The first-order valence-electron chi connectivity index (χ1n) is 8.06. The van der Waals surface area contributed by atoms with E-state index >= 15 is 0 Å². The van der Waals surface area contributed by atoms with Gasteiger partial charge in [0.05, 0.1) is 5.92 Å². The second kappa shape index (κ2) is 13.6. The summed E-state index contributed by atoms with van der Waals surface area (Å²) in [7, 11) is 0. The summed E-state index contributed by atoms with van der Waals surface area (Å²) in [5.74, 6) is -0.701. The number of carboxylic acid groups (broad SMARTS) is 1. The number of aliphatic carboxylic acids is 1.